The molecule has 0 unspecified atom stereocenters. The van der Waals surface area contributed by atoms with Crippen LogP contribution >= 0.6 is 0 Å². The Labute approximate surface area is 249 Å². The van der Waals surface area contributed by atoms with Gasteiger partial charge in [-0.05, 0) is 74.5 Å². The van der Waals surface area contributed by atoms with Crippen LogP contribution in [0.15, 0.2) is 42.6 Å². The Morgan fingerprint density at radius 1 is 1.10 bits per heavy atom. The van der Waals surface area contributed by atoms with Crippen LogP contribution in [-0.2, 0) is 22.1 Å². The second-order valence-electron chi connectivity index (χ2n) is 12.7. The van der Waals surface area contributed by atoms with Crippen LogP contribution in [-0.4, -0.2) is 62.0 Å². The van der Waals surface area contributed by atoms with Gasteiger partial charge >= 0.3 is 0 Å². The number of fused-ring (bicyclic) bond motifs is 1. The van der Waals surface area contributed by atoms with Crippen LogP contribution in [0.2, 0.25) is 18.1 Å². The number of pyridine rings is 1. The molecule has 0 saturated carbocycles. The van der Waals surface area contributed by atoms with E-state index in [1.807, 2.05) is 24.1 Å². The molecule has 3 heterocycles. The smallest absolute Gasteiger partial charge is 0.249 e. The molecule has 1 aliphatic heterocycles. The number of halogens is 1. The number of aryl methyl sites for hydroxylation is 1. The number of amides is 1. The molecule has 224 valence electrons. The van der Waals surface area contributed by atoms with Gasteiger partial charge in [-0.15, -0.1) is 0 Å². The zero-order chi connectivity index (χ0) is 30.1. The van der Waals surface area contributed by atoms with E-state index in [2.05, 4.69) is 38.8 Å². The maximum Gasteiger partial charge on any atom is 0.249 e. The van der Waals surface area contributed by atoms with Gasteiger partial charge in [-0.3, -0.25) is 9.78 Å². The highest BCUT2D eigenvalue weighted by Gasteiger charge is 2.37. The summed E-state index contributed by atoms with van der Waals surface area (Å²) in [4.78, 5) is 31.8. The SMILES string of the molecule is CN(c1nc(-c2cc(OCCO[Si](C)(C)C(C)(C)C)ccn2)nc2c1CCC2)[C@@H]1CCCN(c2cccc(F)c2)C1=O. The fourth-order valence-electron chi connectivity index (χ4n) is 5.38. The molecule has 1 atom stereocenters. The molecule has 8 nitrogen and oxygen atoms in total. The molecule has 42 heavy (non-hydrogen) atoms. The van der Waals surface area contributed by atoms with E-state index in [1.165, 1.54) is 12.1 Å². The summed E-state index contributed by atoms with van der Waals surface area (Å²) in [5.41, 5.74) is 3.30. The van der Waals surface area contributed by atoms with Crippen LogP contribution in [0.3, 0.4) is 0 Å². The average molecular weight is 592 g/mol. The lowest BCUT2D eigenvalue weighted by molar-refractivity contribution is -0.120. The summed E-state index contributed by atoms with van der Waals surface area (Å²) in [6.07, 6.45) is 5.95. The van der Waals surface area contributed by atoms with Crippen molar-refractivity contribution in [3.63, 3.8) is 0 Å². The van der Waals surface area contributed by atoms with Gasteiger partial charge < -0.3 is 19.0 Å². The first kappa shape index (κ1) is 30.1. The van der Waals surface area contributed by atoms with Gasteiger partial charge in [0, 0.05) is 42.8 Å². The minimum atomic E-state index is -1.84. The molecule has 0 spiro atoms. The van der Waals surface area contributed by atoms with Crippen molar-refractivity contribution < 1.29 is 18.3 Å². The largest absolute Gasteiger partial charge is 0.491 e. The van der Waals surface area contributed by atoms with Crippen molar-refractivity contribution in [1.29, 1.82) is 0 Å². The number of carbonyl (C=O) groups is 1. The lowest BCUT2D eigenvalue weighted by atomic mass is 10.0. The second kappa shape index (κ2) is 12.1. The molecule has 5 rings (SSSR count). The maximum absolute atomic E-state index is 13.9. The Hall–Kier alpha value is -3.37. The molecular formula is C32H42FN5O3Si. The number of nitrogens with zero attached hydrogens (tertiary/aromatic N) is 5. The molecule has 0 bridgehead atoms. The molecule has 10 heteroatoms. The van der Waals surface area contributed by atoms with Crippen LogP contribution in [0.5, 0.6) is 5.75 Å². The molecule has 0 radical (unpaired) electrons. The molecule has 0 N–H and O–H groups in total. The highest BCUT2D eigenvalue weighted by atomic mass is 28.4. The number of benzene rings is 1. The first-order chi connectivity index (χ1) is 19.9. The Bertz CT molecular complexity index is 1440. The van der Waals surface area contributed by atoms with E-state index < -0.39 is 14.4 Å². The third-order valence-electron chi connectivity index (χ3n) is 8.82. The van der Waals surface area contributed by atoms with E-state index in [1.54, 1.807) is 23.2 Å². The normalized spacial score (nSPS) is 17.4. The Morgan fingerprint density at radius 3 is 2.67 bits per heavy atom. The lowest BCUT2D eigenvalue weighted by Crippen LogP contribution is -2.52. The maximum atomic E-state index is 13.9. The number of hydrogen-bond acceptors (Lipinski definition) is 7. The fraction of sp³-hybridized carbons (Fsp3) is 0.500. The monoisotopic (exact) mass is 591 g/mol. The summed E-state index contributed by atoms with van der Waals surface area (Å²) in [5.74, 6) is 1.57. The summed E-state index contributed by atoms with van der Waals surface area (Å²) in [5, 5.41) is 0.145. The first-order valence-corrected chi connectivity index (χ1v) is 17.8. The summed E-state index contributed by atoms with van der Waals surface area (Å²) >= 11 is 0. The van der Waals surface area contributed by atoms with Crippen LogP contribution < -0.4 is 14.5 Å². The van der Waals surface area contributed by atoms with Crippen molar-refractivity contribution in [2.45, 2.75) is 77.0 Å². The molecule has 2 aliphatic rings. The second-order valence-corrected chi connectivity index (χ2v) is 17.5. The van der Waals surface area contributed by atoms with Gasteiger partial charge in [0.1, 0.15) is 35.7 Å². The molecule has 3 aromatic rings. The van der Waals surface area contributed by atoms with E-state index in [0.29, 0.717) is 49.1 Å². The number of aromatic nitrogens is 3. The number of rotatable bonds is 9. The summed E-state index contributed by atoms with van der Waals surface area (Å²) in [6, 6.07) is 9.52. The van der Waals surface area contributed by atoms with Gasteiger partial charge in [-0.2, -0.15) is 0 Å². The van der Waals surface area contributed by atoms with Crippen molar-refractivity contribution in [3.05, 3.63) is 59.7 Å². The summed E-state index contributed by atoms with van der Waals surface area (Å²) < 4.78 is 26.2. The van der Waals surface area contributed by atoms with Crippen molar-refractivity contribution in [2.75, 3.05) is 36.6 Å². The predicted octanol–water partition coefficient (Wildman–Crippen LogP) is 6.20. The van der Waals surface area contributed by atoms with E-state index in [4.69, 9.17) is 19.1 Å². The van der Waals surface area contributed by atoms with Crippen molar-refractivity contribution >= 4 is 25.7 Å². The van der Waals surface area contributed by atoms with Gasteiger partial charge in [-0.1, -0.05) is 26.8 Å². The van der Waals surface area contributed by atoms with Gasteiger partial charge in [-0.25, -0.2) is 14.4 Å². The summed E-state index contributed by atoms with van der Waals surface area (Å²) in [7, 11) is 0.0881. The van der Waals surface area contributed by atoms with Gasteiger partial charge in [0.05, 0.1) is 6.61 Å². The number of ether oxygens (including phenoxy) is 1. The van der Waals surface area contributed by atoms with Crippen molar-refractivity contribution in [2.24, 2.45) is 0 Å². The lowest BCUT2D eigenvalue weighted by Gasteiger charge is -2.38. The average Bonchev–Trinajstić information content (AvgIpc) is 3.43. The van der Waals surface area contributed by atoms with Gasteiger partial charge in [0.2, 0.25) is 5.91 Å². The molecule has 1 aliphatic carbocycles. The number of piperidine rings is 1. The Balaban J connectivity index is 1.35. The highest BCUT2D eigenvalue weighted by molar-refractivity contribution is 6.74. The minimum Gasteiger partial charge on any atom is -0.491 e. The highest BCUT2D eigenvalue weighted by Crippen LogP contribution is 2.37. The third kappa shape index (κ3) is 6.34. The van der Waals surface area contributed by atoms with Crippen LogP contribution in [0.25, 0.3) is 11.5 Å². The predicted molar refractivity (Wildman–Crippen MR) is 166 cm³/mol. The van der Waals surface area contributed by atoms with Crippen LogP contribution in [0.1, 0.15) is 51.3 Å². The van der Waals surface area contributed by atoms with Gasteiger partial charge in [0.25, 0.3) is 0 Å². The van der Waals surface area contributed by atoms with Crippen molar-refractivity contribution in [1.82, 2.24) is 15.0 Å². The molecule has 1 aromatic carbocycles. The van der Waals surface area contributed by atoms with E-state index in [9.17, 15) is 9.18 Å². The third-order valence-corrected chi connectivity index (χ3v) is 13.4. The van der Waals surface area contributed by atoms with Crippen molar-refractivity contribution in [3.8, 4) is 17.3 Å². The zero-order valence-electron chi connectivity index (χ0n) is 25.6. The van der Waals surface area contributed by atoms with E-state index >= 15 is 0 Å². The molecule has 1 amide bonds. The Morgan fingerprint density at radius 2 is 1.90 bits per heavy atom. The fourth-order valence-corrected chi connectivity index (χ4v) is 6.41. The first-order valence-electron chi connectivity index (χ1n) is 14.9. The molecule has 1 saturated heterocycles. The zero-order valence-corrected chi connectivity index (χ0v) is 26.6. The van der Waals surface area contributed by atoms with Crippen LogP contribution in [0.4, 0.5) is 15.9 Å². The number of hydrogen-bond donors (Lipinski definition) is 0. The number of likely N-dealkylation sites (N-methyl/N-ethyl adjacent to an activating group) is 1. The van der Waals surface area contributed by atoms with Crippen LogP contribution in [0, 0.1) is 5.82 Å². The topological polar surface area (TPSA) is 80.7 Å². The standard InChI is InChI=1S/C32H42FN5O3Si/c1-32(2,3)42(5,6)41-19-18-40-24-15-16-34-27(21-24)29-35-26-13-8-12-25(26)30(36-29)37(4)28-14-9-17-38(31(28)39)23-11-7-10-22(33)20-23/h7,10-11,15-16,20-21,28H,8-9,12-14,17-19H2,1-6H3/t28-/m1/s1. The number of anilines is 2. The Kier molecular flexibility index (Phi) is 8.66. The van der Waals surface area contributed by atoms with Gasteiger partial charge in [0.15, 0.2) is 14.1 Å². The quantitative estimate of drug-likeness (QED) is 0.217. The molecule has 1 fully saturated rings. The molecule has 2 aromatic heterocycles. The molecular weight excluding hydrogens is 549 g/mol. The van der Waals surface area contributed by atoms with E-state index in [-0.39, 0.29) is 16.8 Å². The van der Waals surface area contributed by atoms with E-state index in [0.717, 1.165) is 42.8 Å². The minimum absolute atomic E-state index is 0.0466. The summed E-state index contributed by atoms with van der Waals surface area (Å²) in [6.45, 7) is 12.7. The number of carbonyl (C=O) groups excluding carboxylic acids is 1.